The Bertz CT molecular complexity index is 437. The zero-order chi connectivity index (χ0) is 18.6. The Morgan fingerprint density at radius 3 is 1.76 bits per heavy atom. The van der Waals surface area contributed by atoms with E-state index in [1.54, 1.807) is 0 Å². The van der Waals surface area contributed by atoms with Crippen LogP contribution < -0.4 is 0 Å². The van der Waals surface area contributed by atoms with Gasteiger partial charge in [0.15, 0.2) is 0 Å². The maximum atomic E-state index is 11.6. The normalized spacial score (nSPS) is 23.6. The summed E-state index contributed by atoms with van der Waals surface area (Å²) in [4.78, 5) is -1.56. The molecule has 0 bridgehead atoms. The fourth-order valence-electron chi connectivity index (χ4n) is 3.77. The van der Waals surface area contributed by atoms with Crippen LogP contribution in [-0.4, -0.2) is 36.2 Å². The van der Waals surface area contributed by atoms with Gasteiger partial charge in [0.25, 0.3) is 10.1 Å². The number of ether oxygens (including phenoxy) is 1. The molecule has 1 fully saturated rings. The molecule has 0 aromatic heterocycles. The maximum Gasteiger partial charge on any atom is 0.295 e. The summed E-state index contributed by atoms with van der Waals surface area (Å²) in [7, 11) is -4.29. The SMILES string of the molecule is CCCCCCCCCCCCCCC1COC1(CCO)S(=O)(=O)O. The van der Waals surface area contributed by atoms with Crippen LogP contribution in [0.5, 0.6) is 0 Å². The van der Waals surface area contributed by atoms with E-state index >= 15 is 0 Å². The minimum absolute atomic E-state index is 0.0469. The second-order valence-electron chi connectivity index (χ2n) is 7.45. The molecule has 1 saturated heterocycles. The lowest BCUT2D eigenvalue weighted by molar-refractivity contribution is -0.162. The number of hydrogen-bond acceptors (Lipinski definition) is 4. The number of aliphatic hydroxyl groups is 1. The molecule has 2 N–H and O–H groups in total. The standard InChI is InChI=1S/C19H38O5S/c1-2-3-4-5-6-7-8-9-10-11-12-13-14-18-17-24-19(18,15-16-20)25(21,22)23/h18,20H,2-17H2,1H3,(H,21,22,23). The van der Waals surface area contributed by atoms with E-state index in [1.165, 1.54) is 64.2 Å². The van der Waals surface area contributed by atoms with Crippen molar-refractivity contribution in [3.63, 3.8) is 0 Å². The van der Waals surface area contributed by atoms with Gasteiger partial charge >= 0.3 is 0 Å². The smallest absolute Gasteiger partial charge is 0.295 e. The van der Waals surface area contributed by atoms with Crippen molar-refractivity contribution >= 4 is 10.1 Å². The number of aliphatic hydroxyl groups excluding tert-OH is 1. The summed E-state index contributed by atoms with van der Waals surface area (Å²) in [6.07, 6.45) is 15.9. The number of hydrogen-bond donors (Lipinski definition) is 2. The van der Waals surface area contributed by atoms with Crippen molar-refractivity contribution < 1.29 is 22.8 Å². The van der Waals surface area contributed by atoms with Crippen LogP contribution >= 0.6 is 0 Å². The van der Waals surface area contributed by atoms with Crippen LogP contribution in [0.3, 0.4) is 0 Å². The zero-order valence-corrected chi connectivity index (χ0v) is 16.7. The van der Waals surface area contributed by atoms with Crippen molar-refractivity contribution in [2.75, 3.05) is 13.2 Å². The van der Waals surface area contributed by atoms with Gasteiger partial charge in [-0.15, -0.1) is 0 Å². The predicted molar refractivity (Wildman–Crippen MR) is 101 cm³/mol. The first-order chi connectivity index (χ1) is 12.0. The first kappa shape index (κ1) is 22.9. The fourth-order valence-corrected chi connectivity index (χ4v) is 4.94. The third kappa shape index (κ3) is 7.53. The van der Waals surface area contributed by atoms with Crippen LogP contribution in [0.15, 0.2) is 0 Å². The molecule has 2 atom stereocenters. The Morgan fingerprint density at radius 2 is 1.40 bits per heavy atom. The minimum Gasteiger partial charge on any atom is -0.396 e. The largest absolute Gasteiger partial charge is 0.396 e. The Balaban J connectivity index is 2.03. The van der Waals surface area contributed by atoms with Crippen molar-refractivity contribution in [1.29, 1.82) is 0 Å². The van der Waals surface area contributed by atoms with Crippen LogP contribution in [0, 0.1) is 5.92 Å². The molecule has 150 valence electrons. The molecular formula is C19H38O5S. The van der Waals surface area contributed by atoms with E-state index < -0.39 is 15.1 Å². The highest BCUT2D eigenvalue weighted by molar-refractivity contribution is 7.87. The quantitative estimate of drug-likeness (QED) is 0.301. The van der Waals surface area contributed by atoms with Crippen molar-refractivity contribution in [3.05, 3.63) is 0 Å². The minimum atomic E-state index is -4.29. The van der Waals surface area contributed by atoms with E-state index in [2.05, 4.69) is 6.92 Å². The molecule has 0 aromatic carbocycles. The topological polar surface area (TPSA) is 83.8 Å². The third-order valence-electron chi connectivity index (χ3n) is 5.45. The molecular weight excluding hydrogens is 340 g/mol. The lowest BCUT2D eigenvalue weighted by Gasteiger charge is -2.46. The summed E-state index contributed by atoms with van der Waals surface area (Å²) in [6.45, 7) is 2.31. The molecule has 0 radical (unpaired) electrons. The fraction of sp³-hybridized carbons (Fsp3) is 1.00. The van der Waals surface area contributed by atoms with Crippen LogP contribution in [0.4, 0.5) is 0 Å². The summed E-state index contributed by atoms with van der Waals surface area (Å²) in [5.41, 5.74) is 0. The predicted octanol–water partition coefficient (Wildman–Crippen LogP) is 4.69. The Labute approximate surface area is 154 Å². The molecule has 0 aromatic rings. The van der Waals surface area contributed by atoms with Crippen LogP contribution in [0.1, 0.15) is 96.8 Å². The highest BCUT2D eigenvalue weighted by Crippen LogP contribution is 2.43. The Kier molecular flexibility index (Phi) is 11.2. The lowest BCUT2D eigenvalue weighted by atomic mass is 9.89. The van der Waals surface area contributed by atoms with Gasteiger partial charge in [-0.1, -0.05) is 84.0 Å². The molecule has 25 heavy (non-hydrogen) atoms. The van der Waals surface area contributed by atoms with E-state index in [0.717, 1.165) is 19.3 Å². The van der Waals surface area contributed by atoms with Crippen LogP contribution in [0.25, 0.3) is 0 Å². The van der Waals surface area contributed by atoms with Crippen molar-refractivity contribution in [1.82, 2.24) is 0 Å². The first-order valence-electron chi connectivity index (χ1n) is 10.2. The van der Waals surface area contributed by atoms with E-state index in [0.29, 0.717) is 6.61 Å². The summed E-state index contributed by atoms with van der Waals surface area (Å²) in [6, 6.07) is 0. The van der Waals surface area contributed by atoms with Gasteiger partial charge in [-0.25, -0.2) is 0 Å². The van der Waals surface area contributed by atoms with Gasteiger partial charge in [-0.2, -0.15) is 8.42 Å². The second kappa shape index (κ2) is 12.3. The number of rotatable bonds is 16. The van der Waals surface area contributed by atoms with E-state index in [9.17, 15) is 13.0 Å². The van der Waals surface area contributed by atoms with Gasteiger partial charge in [-0.05, 0) is 6.42 Å². The first-order valence-corrected chi connectivity index (χ1v) is 11.6. The average Bonchev–Trinajstić information content (AvgIpc) is 2.54. The Morgan fingerprint density at radius 1 is 0.920 bits per heavy atom. The third-order valence-corrected chi connectivity index (χ3v) is 6.98. The monoisotopic (exact) mass is 378 g/mol. The summed E-state index contributed by atoms with van der Waals surface area (Å²) < 4.78 is 37.8. The van der Waals surface area contributed by atoms with Gasteiger partial charge in [0.1, 0.15) is 0 Å². The zero-order valence-electron chi connectivity index (χ0n) is 15.9. The lowest BCUT2D eigenvalue weighted by Crippen LogP contribution is -2.59. The molecule has 0 saturated carbocycles. The highest BCUT2D eigenvalue weighted by atomic mass is 32.2. The van der Waals surface area contributed by atoms with E-state index in [4.69, 9.17) is 9.84 Å². The molecule has 0 spiro atoms. The molecule has 5 nitrogen and oxygen atoms in total. The summed E-state index contributed by atoms with van der Waals surface area (Å²) in [5, 5.41) is 9.07. The van der Waals surface area contributed by atoms with Gasteiger partial charge in [0, 0.05) is 18.9 Å². The molecule has 1 heterocycles. The van der Waals surface area contributed by atoms with Crippen molar-refractivity contribution in [2.45, 2.75) is 102 Å². The van der Waals surface area contributed by atoms with E-state index in [1.807, 2.05) is 0 Å². The van der Waals surface area contributed by atoms with Crippen molar-refractivity contribution in [2.24, 2.45) is 5.92 Å². The molecule has 1 aliphatic heterocycles. The van der Waals surface area contributed by atoms with Crippen molar-refractivity contribution in [3.8, 4) is 0 Å². The maximum absolute atomic E-state index is 11.6. The van der Waals surface area contributed by atoms with Gasteiger partial charge in [-0.3, -0.25) is 4.55 Å². The average molecular weight is 379 g/mol. The van der Waals surface area contributed by atoms with Gasteiger partial charge < -0.3 is 9.84 Å². The molecule has 1 rings (SSSR count). The molecule has 0 amide bonds. The molecule has 0 aliphatic carbocycles. The van der Waals surface area contributed by atoms with Gasteiger partial charge in [0.2, 0.25) is 4.93 Å². The molecule has 6 heteroatoms. The summed E-state index contributed by atoms with van der Waals surface area (Å²) >= 11 is 0. The highest BCUT2D eigenvalue weighted by Gasteiger charge is 2.57. The van der Waals surface area contributed by atoms with E-state index in [-0.39, 0.29) is 18.9 Å². The number of unbranched alkanes of at least 4 members (excludes halogenated alkanes) is 11. The summed E-state index contributed by atoms with van der Waals surface area (Å²) in [5.74, 6) is -0.197. The Hall–Kier alpha value is -0.170. The molecule has 1 aliphatic rings. The van der Waals surface area contributed by atoms with Crippen LogP contribution in [-0.2, 0) is 14.9 Å². The second-order valence-corrected chi connectivity index (χ2v) is 9.09. The van der Waals surface area contributed by atoms with Gasteiger partial charge in [0.05, 0.1) is 6.61 Å². The molecule has 2 unspecified atom stereocenters. The van der Waals surface area contributed by atoms with Crippen LogP contribution in [0.2, 0.25) is 0 Å².